The summed E-state index contributed by atoms with van der Waals surface area (Å²) in [5.74, 6) is 2.24. The maximum atomic E-state index is 13.7. The van der Waals surface area contributed by atoms with Gasteiger partial charge in [0.2, 0.25) is 0 Å². The van der Waals surface area contributed by atoms with Gasteiger partial charge in [-0.1, -0.05) is 246 Å². The Kier molecular flexibility index (Phi) is 24.5. The quantitative estimate of drug-likeness (QED) is 0.0517. The van der Waals surface area contributed by atoms with Crippen LogP contribution >= 0.6 is 0 Å². The van der Waals surface area contributed by atoms with E-state index in [1.165, 1.54) is 43.9 Å². The minimum Gasteiger partial charge on any atom is -0.496 e. The summed E-state index contributed by atoms with van der Waals surface area (Å²) in [4.78, 5) is 48.1. The molecule has 19 rings (SSSR count). The first-order chi connectivity index (χ1) is 60.1. The number of carbonyl (C=O) groups is 3. The maximum absolute atomic E-state index is 13.7. The van der Waals surface area contributed by atoms with Crippen molar-refractivity contribution in [1.29, 1.82) is 0 Å². The third-order valence-corrected chi connectivity index (χ3v) is 24.3. The summed E-state index contributed by atoms with van der Waals surface area (Å²) in [6.45, 7) is 21.2. The van der Waals surface area contributed by atoms with Gasteiger partial charge >= 0.3 is 0 Å². The van der Waals surface area contributed by atoms with Crippen LogP contribution in [0.5, 0.6) is 17.2 Å². The van der Waals surface area contributed by atoms with Crippen molar-refractivity contribution in [2.45, 2.75) is 125 Å². The zero-order valence-electron chi connectivity index (χ0n) is 70.8. The second-order valence-corrected chi connectivity index (χ2v) is 33.2. The third-order valence-electron chi connectivity index (χ3n) is 24.3. The molecule has 3 amide bonds. The number of aromatic nitrogens is 8. The van der Waals surface area contributed by atoms with Crippen molar-refractivity contribution in [3.8, 4) is 17.2 Å². The molecule has 622 valence electrons. The number of nitrogens with zero attached hydrogens (tertiary/aromatic N) is 11. The average molecular weight is 1630 g/mol. The number of fused-ring (bicyclic) bond motifs is 9. The van der Waals surface area contributed by atoms with Crippen LogP contribution in [0.25, 0.3) is 70.8 Å². The number of amides is 3. The van der Waals surface area contributed by atoms with Gasteiger partial charge in [-0.2, -0.15) is 20.4 Å². The molecule has 16 aromatic rings. The fourth-order valence-corrected chi connectivity index (χ4v) is 17.9. The number of benzene rings is 12. The van der Waals surface area contributed by atoms with Gasteiger partial charge in [0.1, 0.15) is 17.2 Å². The molecule has 3 aliphatic rings. The maximum Gasteiger partial charge on any atom is 0.272 e. The van der Waals surface area contributed by atoms with Gasteiger partial charge in [0, 0.05) is 167 Å². The summed E-state index contributed by atoms with van der Waals surface area (Å²) in [5.41, 5.74) is 15.2. The Morgan fingerprint density at radius 1 is 0.382 bits per heavy atom. The van der Waals surface area contributed by atoms with Crippen molar-refractivity contribution in [1.82, 2.24) is 69.8 Å². The lowest BCUT2D eigenvalue weighted by Crippen LogP contribution is -2.32. The zero-order valence-corrected chi connectivity index (χ0v) is 70.8. The Balaban J connectivity index is 0.000000131. The number of hydrogen-bond acceptors (Lipinski definition) is 13. The number of hydrogen-bond donors (Lipinski definition) is 3. The summed E-state index contributed by atoms with van der Waals surface area (Å²) in [5, 5.41) is 42.2. The molecule has 0 fully saturated rings. The Hall–Kier alpha value is -13.5. The summed E-state index contributed by atoms with van der Waals surface area (Å²) >= 11 is 0. The van der Waals surface area contributed by atoms with E-state index in [1.807, 2.05) is 100 Å². The smallest absolute Gasteiger partial charge is 0.272 e. The van der Waals surface area contributed by atoms with Crippen LogP contribution in [0.3, 0.4) is 0 Å². The van der Waals surface area contributed by atoms with E-state index in [-0.39, 0.29) is 23.1 Å². The summed E-state index contributed by atoms with van der Waals surface area (Å²) in [6, 6.07) is 83.1. The number of nitrogens with one attached hydrogen (secondary N) is 3. The standard InChI is InChI=1S/C36H40N4O2.C35H34N6O2.C32H30N4O2/c1-36(2,3)19-21-40-32-18-20-39(23-27-16-17-33(42-4)30-15-8-7-14-29(27)30)24-31(32)34(38-40)35(41)37-22-26-12-9-11-25-10-5-6-13-28(25)26;1-43-33-15-14-27(29-12-4-5-13-30(29)33)23-39-19-16-32-31(24-39)34(38-41(32)21-20-40-18-7-17-37-40)35(42)36-22-26-10-6-9-25-8-2-3-11-28(25)26;1-3-36-29-17-18-35(20-24-15-16-30(38-2)27-14-7-6-13-26(24)27)21-28(29)31(34-36)32(37)33-19-23-11-8-10-22-9-4-5-12-25(22)23/h5-17H,18-24H2,1-4H3,(H,37,41);2-15,17-18H,16,19-24H2,1H3,(H,36,42);3-16H,1,17-21H2,2H3,(H,33,37). The lowest BCUT2D eigenvalue weighted by atomic mass is 9.92. The predicted molar refractivity (Wildman–Crippen MR) is 490 cm³/mol. The van der Waals surface area contributed by atoms with Gasteiger partial charge in [-0.3, -0.25) is 43.1 Å². The molecule has 0 aliphatic carbocycles. The van der Waals surface area contributed by atoms with Gasteiger partial charge < -0.3 is 30.2 Å². The molecule has 0 radical (unpaired) electrons. The van der Waals surface area contributed by atoms with Crippen LogP contribution < -0.4 is 30.2 Å². The van der Waals surface area contributed by atoms with Crippen molar-refractivity contribution < 1.29 is 28.6 Å². The first-order valence-corrected chi connectivity index (χ1v) is 42.6. The molecule has 3 N–H and O–H groups in total. The molecule has 3 aliphatic heterocycles. The monoisotopic (exact) mass is 1630 g/mol. The van der Waals surface area contributed by atoms with E-state index in [0.717, 1.165) is 177 Å². The molecule has 0 spiro atoms. The number of carbonyl (C=O) groups excluding carboxylic acids is 3. The molecule has 4 aromatic heterocycles. The number of aryl methyl sites for hydroxylation is 3. The van der Waals surface area contributed by atoms with Crippen molar-refractivity contribution >= 4 is 88.6 Å². The first kappa shape index (κ1) is 81.8. The SMILES string of the molecule is C=Cn1nc(C(=O)NCc2cccc3ccccc23)c2c1CCN(Cc1ccc(OC)c3ccccc13)C2.COc1ccc(CN2CCc3c(c(C(=O)NCc4cccc5ccccc45)nn3CCC(C)(C)C)C2)c2ccccc12.COc1ccc(CN2CCc3c(c(C(=O)NCc4cccc5ccccc45)nn3CCn3cccn3)C2)c2ccccc12. The highest BCUT2D eigenvalue weighted by atomic mass is 16.5. The number of ether oxygens (including phenoxy) is 3. The molecule has 123 heavy (non-hydrogen) atoms. The van der Waals surface area contributed by atoms with Crippen LogP contribution in [0.15, 0.2) is 262 Å². The highest BCUT2D eigenvalue weighted by Crippen LogP contribution is 2.37. The van der Waals surface area contributed by atoms with E-state index >= 15 is 0 Å². The van der Waals surface area contributed by atoms with Gasteiger partial charge in [-0.15, -0.1) is 0 Å². The molecule has 0 unspecified atom stereocenters. The van der Waals surface area contributed by atoms with Gasteiger partial charge in [0.25, 0.3) is 17.7 Å². The second-order valence-electron chi connectivity index (χ2n) is 33.2. The normalized spacial score (nSPS) is 13.5. The van der Waals surface area contributed by atoms with E-state index in [2.05, 4.69) is 231 Å². The van der Waals surface area contributed by atoms with Crippen molar-refractivity contribution in [3.63, 3.8) is 0 Å². The minimum absolute atomic E-state index is 0.106. The van der Waals surface area contributed by atoms with Crippen molar-refractivity contribution in [2.75, 3.05) is 41.0 Å². The largest absolute Gasteiger partial charge is 0.496 e. The number of rotatable bonds is 24. The van der Waals surface area contributed by atoms with Gasteiger partial charge in [0.15, 0.2) is 17.1 Å². The highest BCUT2D eigenvalue weighted by Gasteiger charge is 2.33. The Morgan fingerprint density at radius 3 is 1.09 bits per heavy atom. The molecule has 0 atom stereocenters. The second kappa shape index (κ2) is 36.8. The predicted octanol–water partition coefficient (Wildman–Crippen LogP) is 18.5. The van der Waals surface area contributed by atoms with Crippen LogP contribution in [0, 0.1) is 5.41 Å². The fraction of sp³-hybridized carbons (Fsp3) is 0.252. The lowest BCUT2D eigenvalue weighted by molar-refractivity contribution is 0.0934. The molecular formula is C103H104N14O6. The molecule has 20 heteroatoms. The number of methoxy groups -OCH3 is 3. The summed E-state index contributed by atoms with van der Waals surface area (Å²) in [7, 11) is 5.14. The fourth-order valence-electron chi connectivity index (χ4n) is 17.9. The molecule has 12 aromatic carbocycles. The van der Waals surface area contributed by atoms with Gasteiger partial charge in [-0.05, 0) is 118 Å². The topological polar surface area (TPSA) is 196 Å². The van der Waals surface area contributed by atoms with E-state index < -0.39 is 0 Å². The van der Waals surface area contributed by atoms with Gasteiger partial charge in [0.05, 0.1) is 40.1 Å². The Morgan fingerprint density at radius 2 is 0.724 bits per heavy atom. The van der Waals surface area contributed by atoms with E-state index in [1.54, 1.807) is 38.4 Å². The van der Waals surface area contributed by atoms with Crippen molar-refractivity contribution in [3.05, 3.63) is 346 Å². The van der Waals surface area contributed by atoms with Crippen molar-refractivity contribution in [2.24, 2.45) is 5.41 Å². The Labute approximate surface area is 717 Å². The van der Waals surface area contributed by atoms with Crippen LogP contribution in [-0.4, -0.2) is 113 Å². The van der Waals surface area contributed by atoms with E-state index in [0.29, 0.717) is 69.4 Å². The summed E-state index contributed by atoms with van der Waals surface area (Å²) in [6.07, 6.45) is 8.93. The van der Waals surface area contributed by atoms with E-state index in [9.17, 15) is 14.4 Å². The highest BCUT2D eigenvalue weighted by molar-refractivity contribution is 5.98. The summed E-state index contributed by atoms with van der Waals surface area (Å²) < 4.78 is 24.6. The molecule has 7 heterocycles. The van der Waals surface area contributed by atoms with Crippen LogP contribution in [0.2, 0.25) is 0 Å². The molecule has 0 bridgehead atoms. The van der Waals surface area contributed by atoms with Crippen LogP contribution in [0.4, 0.5) is 0 Å². The zero-order chi connectivity index (χ0) is 84.5. The molecule has 0 saturated heterocycles. The molecule has 0 saturated carbocycles. The Bertz CT molecular complexity index is 6560. The average Bonchev–Trinajstić information content (AvgIpc) is 1.58. The molecular weight excluding hydrogens is 1530 g/mol. The van der Waals surface area contributed by atoms with Gasteiger partial charge in [-0.25, -0.2) is 4.68 Å². The first-order valence-electron chi connectivity index (χ1n) is 42.6. The third kappa shape index (κ3) is 18.0. The van der Waals surface area contributed by atoms with E-state index in [4.69, 9.17) is 24.4 Å². The van der Waals surface area contributed by atoms with Crippen LogP contribution in [0.1, 0.15) is 126 Å². The lowest BCUT2D eigenvalue weighted by Gasteiger charge is -2.28. The van der Waals surface area contributed by atoms with Crippen LogP contribution in [-0.2, 0) is 97.8 Å². The minimum atomic E-state index is -0.161. The molecule has 20 nitrogen and oxygen atoms in total.